The van der Waals surface area contributed by atoms with E-state index >= 15 is 0 Å². The highest BCUT2D eigenvalue weighted by Gasteiger charge is 2.44. The van der Waals surface area contributed by atoms with Crippen molar-refractivity contribution in [3.63, 3.8) is 0 Å². The summed E-state index contributed by atoms with van der Waals surface area (Å²) in [5.74, 6) is -1.57. The van der Waals surface area contributed by atoms with Crippen molar-refractivity contribution in [2.75, 3.05) is 7.05 Å². The highest BCUT2D eigenvalue weighted by atomic mass is 35.5. The van der Waals surface area contributed by atoms with E-state index in [1.54, 1.807) is 38.2 Å². The minimum Gasteiger partial charge on any atom is -0.481 e. The average molecular weight is 325 g/mol. The third-order valence-electron chi connectivity index (χ3n) is 3.76. The monoisotopic (exact) mass is 324 g/mol. The van der Waals surface area contributed by atoms with Crippen molar-refractivity contribution < 1.29 is 19.5 Å². The number of carboxylic acid groups (broad SMARTS) is 1. The summed E-state index contributed by atoms with van der Waals surface area (Å²) in [5, 5.41) is 9.29. The Morgan fingerprint density at radius 2 is 1.82 bits per heavy atom. The molecule has 0 radical (unpaired) electrons. The molecular weight excluding hydrogens is 308 g/mol. The SMILES string of the molecule is C[C@@H]1C(=O)N(C)C(c2ccc(Cl)cc2)N1C(=O)CCC(=O)O. The van der Waals surface area contributed by atoms with Gasteiger partial charge >= 0.3 is 5.97 Å². The molecule has 1 aromatic rings. The number of carbonyl (C=O) groups excluding carboxylic acids is 2. The minimum atomic E-state index is -1.04. The number of halogens is 1. The van der Waals surface area contributed by atoms with Crippen LogP contribution in [-0.4, -0.2) is 45.8 Å². The maximum atomic E-state index is 12.4. The number of hydrogen-bond acceptors (Lipinski definition) is 3. The van der Waals surface area contributed by atoms with E-state index in [4.69, 9.17) is 16.7 Å². The van der Waals surface area contributed by atoms with Crippen LogP contribution in [0.5, 0.6) is 0 Å². The lowest BCUT2D eigenvalue weighted by molar-refractivity contribution is -0.142. The number of amides is 2. The quantitative estimate of drug-likeness (QED) is 0.917. The summed E-state index contributed by atoms with van der Waals surface area (Å²) in [6, 6.07) is 6.28. The lowest BCUT2D eigenvalue weighted by Crippen LogP contribution is -2.38. The van der Waals surface area contributed by atoms with Crippen molar-refractivity contribution >= 4 is 29.4 Å². The summed E-state index contributed by atoms with van der Waals surface area (Å²) < 4.78 is 0. The molecule has 1 aromatic carbocycles. The molecule has 1 aliphatic heterocycles. The van der Waals surface area contributed by atoms with Gasteiger partial charge in [-0.15, -0.1) is 0 Å². The maximum absolute atomic E-state index is 12.4. The lowest BCUT2D eigenvalue weighted by atomic mass is 10.1. The van der Waals surface area contributed by atoms with Gasteiger partial charge in [0.25, 0.3) is 0 Å². The van der Waals surface area contributed by atoms with E-state index in [9.17, 15) is 14.4 Å². The van der Waals surface area contributed by atoms with Crippen LogP contribution < -0.4 is 0 Å². The fourth-order valence-corrected chi connectivity index (χ4v) is 2.77. The van der Waals surface area contributed by atoms with Gasteiger partial charge in [0.2, 0.25) is 11.8 Å². The lowest BCUT2D eigenvalue weighted by Gasteiger charge is -2.29. The molecule has 7 heteroatoms. The van der Waals surface area contributed by atoms with Crippen LogP contribution in [0.4, 0.5) is 0 Å². The zero-order valence-corrected chi connectivity index (χ0v) is 13.1. The summed E-state index contributed by atoms with van der Waals surface area (Å²) in [6.07, 6.45) is -0.931. The van der Waals surface area contributed by atoms with Gasteiger partial charge in [0, 0.05) is 18.5 Å². The average Bonchev–Trinajstić information content (AvgIpc) is 2.70. The minimum absolute atomic E-state index is 0.134. The zero-order valence-electron chi connectivity index (χ0n) is 12.3. The van der Waals surface area contributed by atoms with E-state index in [0.717, 1.165) is 5.56 Å². The normalized spacial score (nSPS) is 21.3. The Bertz CT molecular complexity index is 602. The van der Waals surface area contributed by atoms with Gasteiger partial charge in [0.05, 0.1) is 6.42 Å². The van der Waals surface area contributed by atoms with Crippen molar-refractivity contribution in [3.8, 4) is 0 Å². The smallest absolute Gasteiger partial charge is 0.303 e. The third kappa shape index (κ3) is 3.06. The van der Waals surface area contributed by atoms with E-state index in [0.29, 0.717) is 5.02 Å². The topological polar surface area (TPSA) is 77.9 Å². The first-order valence-corrected chi connectivity index (χ1v) is 7.26. The molecule has 0 bridgehead atoms. The standard InChI is InChI=1S/C15H17ClN2O4/c1-9-15(22)17(2)14(10-3-5-11(16)6-4-10)18(9)12(19)7-8-13(20)21/h3-6,9,14H,7-8H2,1-2H3,(H,20,21)/t9-,14?/m1/s1. The summed E-state index contributed by atoms with van der Waals surface area (Å²) in [5.41, 5.74) is 0.758. The Labute approximate surface area is 133 Å². The summed E-state index contributed by atoms with van der Waals surface area (Å²) in [6.45, 7) is 1.65. The molecule has 0 saturated carbocycles. The largest absolute Gasteiger partial charge is 0.481 e. The molecule has 0 aromatic heterocycles. The first-order valence-electron chi connectivity index (χ1n) is 6.88. The molecule has 2 rings (SSSR count). The van der Waals surface area contributed by atoms with Gasteiger partial charge in [-0.05, 0) is 24.6 Å². The molecule has 1 fully saturated rings. The van der Waals surface area contributed by atoms with Crippen molar-refractivity contribution in [3.05, 3.63) is 34.9 Å². The molecule has 22 heavy (non-hydrogen) atoms. The molecule has 0 spiro atoms. The second-order valence-electron chi connectivity index (χ2n) is 5.25. The van der Waals surface area contributed by atoms with Crippen LogP contribution in [0.2, 0.25) is 5.02 Å². The van der Waals surface area contributed by atoms with E-state index in [1.165, 1.54) is 9.80 Å². The number of likely N-dealkylation sites (N-methyl/N-ethyl adjacent to an activating group) is 1. The number of aliphatic carboxylic acids is 1. The second-order valence-corrected chi connectivity index (χ2v) is 5.68. The fraction of sp³-hybridized carbons (Fsp3) is 0.400. The second kappa shape index (κ2) is 6.36. The van der Waals surface area contributed by atoms with Crippen LogP contribution in [0.1, 0.15) is 31.5 Å². The van der Waals surface area contributed by atoms with Crippen molar-refractivity contribution in [2.24, 2.45) is 0 Å². The van der Waals surface area contributed by atoms with Crippen LogP contribution in [-0.2, 0) is 14.4 Å². The number of carbonyl (C=O) groups is 3. The molecule has 1 N–H and O–H groups in total. The van der Waals surface area contributed by atoms with Gasteiger partial charge in [-0.2, -0.15) is 0 Å². The zero-order chi connectivity index (χ0) is 16.4. The number of nitrogens with zero attached hydrogens (tertiary/aromatic N) is 2. The van der Waals surface area contributed by atoms with E-state index in [-0.39, 0.29) is 24.7 Å². The Morgan fingerprint density at radius 3 is 2.36 bits per heavy atom. The number of carboxylic acids is 1. The van der Waals surface area contributed by atoms with Crippen LogP contribution in [0.25, 0.3) is 0 Å². The summed E-state index contributed by atoms with van der Waals surface area (Å²) in [7, 11) is 1.63. The predicted octanol–water partition coefficient (Wildman–Crippen LogP) is 1.89. The first kappa shape index (κ1) is 16.3. The van der Waals surface area contributed by atoms with E-state index < -0.39 is 18.2 Å². The van der Waals surface area contributed by atoms with Crippen LogP contribution in [0, 0.1) is 0 Å². The fourth-order valence-electron chi connectivity index (χ4n) is 2.65. The Hall–Kier alpha value is -2.08. The Kier molecular flexibility index (Phi) is 4.71. The highest BCUT2D eigenvalue weighted by molar-refractivity contribution is 6.30. The van der Waals surface area contributed by atoms with Crippen LogP contribution in [0.15, 0.2) is 24.3 Å². The molecule has 1 saturated heterocycles. The highest BCUT2D eigenvalue weighted by Crippen LogP contribution is 2.34. The van der Waals surface area contributed by atoms with Crippen molar-refractivity contribution in [2.45, 2.75) is 32.0 Å². The van der Waals surface area contributed by atoms with Crippen molar-refractivity contribution in [1.82, 2.24) is 9.80 Å². The van der Waals surface area contributed by atoms with Crippen molar-refractivity contribution in [1.29, 1.82) is 0 Å². The predicted molar refractivity (Wildman–Crippen MR) is 80.1 cm³/mol. The molecule has 118 valence electrons. The molecular formula is C15H17ClN2O4. The van der Waals surface area contributed by atoms with Crippen LogP contribution in [0.3, 0.4) is 0 Å². The van der Waals surface area contributed by atoms with Gasteiger partial charge in [0.1, 0.15) is 12.2 Å². The molecule has 0 aliphatic carbocycles. The molecule has 6 nitrogen and oxygen atoms in total. The first-order chi connectivity index (χ1) is 10.3. The summed E-state index contributed by atoms with van der Waals surface area (Å²) >= 11 is 5.87. The number of hydrogen-bond donors (Lipinski definition) is 1. The molecule has 2 atom stereocenters. The van der Waals surface area contributed by atoms with E-state index in [1.807, 2.05) is 0 Å². The number of benzene rings is 1. The van der Waals surface area contributed by atoms with Gasteiger partial charge in [-0.25, -0.2) is 0 Å². The summed E-state index contributed by atoms with van der Waals surface area (Å²) in [4.78, 5) is 38.1. The van der Waals surface area contributed by atoms with Crippen LogP contribution >= 0.6 is 11.6 Å². The van der Waals surface area contributed by atoms with Gasteiger partial charge in [-0.1, -0.05) is 23.7 Å². The Morgan fingerprint density at radius 1 is 1.23 bits per heavy atom. The maximum Gasteiger partial charge on any atom is 0.303 e. The van der Waals surface area contributed by atoms with Gasteiger partial charge in [0.15, 0.2) is 0 Å². The Balaban J connectivity index is 2.31. The molecule has 1 unspecified atom stereocenters. The molecule has 2 amide bonds. The molecule has 1 heterocycles. The van der Waals surface area contributed by atoms with Gasteiger partial charge < -0.3 is 14.9 Å². The van der Waals surface area contributed by atoms with E-state index in [2.05, 4.69) is 0 Å². The third-order valence-corrected chi connectivity index (χ3v) is 4.01. The number of rotatable bonds is 4. The molecule has 1 aliphatic rings. The van der Waals surface area contributed by atoms with Gasteiger partial charge in [-0.3, -0.25) is 14.4 Å².